The van der Waals surface area contributed by atoms with Crippen molar-refractivity contribution in [2.45, 2.75) is 48.7 Å². The van der Waals surface area contributed by atoms with E-state index in [-0.39, 0.29) is 16.0 Å². The molecule has 3 aliphatic rings. The molecule has 2 aliphatic carbocycles. The van der Waals surface area contributed by atoms with E-state index in [1.54, 1.807) is 0 Å². The summed E-state index contributed by atoms with van der Waals surface area (Å²) >= 11 is 6.18. The van der Waals surface area contributed by atoms with Gasteiger partial charge in [-0.1, -0.05) is 23.2 Å². The predicted octanol–water partition coefficient (Wildman–Crippen LogP) is 1.63. The minimum Gasteiger partial charge on any atom is -0.341 e. The second-order valence-electron chi connectivity index (χ2n) is 6.43. The molecule has 2 N–H and O–H groups in total. The van der Waals surface area contributed by atoms with E-state index in [4.69, 9.17) is 16.1 Å². The number of hydrogen-bond donors (Lipinski definition) is 2. The summed E-state index contributed by atoms with van der Waals surface area (Å²) in [7, 11) is -3.77. The van der Waals surface area contributed by atoms with Gasteiger partial charge in [0.1, 0.15) is 10.7 Å². The molecule has 0 aromatic carbocycles. The van der Waals surface area contributed by atoms with E-state index in [0.717, 1.165) is 38.6 Å². The van der Waals surface area contributed by atoms with Crippen LogP contribution in [-0.2, 0) is 10.0 Å². The van der Waals surface area contributed by atoms with Gasteiger partial charge in [-0.05, 0) is 38.1 Å². The molecule has 21 heavy (non-hydrogen) atoms. The van der Waals surface area contributed by atoms with Crippen molar-refractivity contribution in [3.05, 3.63) is 10.7 Å². The molecular formula is C13H18ClN3O3S. The number of halogens is 1. The van der Waals surface area contributed by atoms with Crippen LogP contribution in [0.3, 0.4) is 0 Å². The second-order valence-corrected chi connectivity index (χ2v) is 8.38. The zero-order chi connectivity index (χ0) is 14.7. The molecule has 2 heterocycles. The summed E-state index contributed by atoms with van der Waals surface area (Å²) in [5.41, 5.74) is 0.191. The van der Waals surface area contributed by atoms with Gasteiger partial charge in [0.2, 0.25) is 0 Å². The first-order valence-electron chi connectivity index (χ1n) is 7.42. The number of hydrogen-bond acceptors (Lipinski definition) is 5. The lowest BCUT2D eigenvalue weighted by Gasteiger charge is -2.28. The normalized spacial score (nSPS) is 32.5. The number of nitrogens with one attached hydrogen (secondary N) is 2. The van der Waals surface area contributed by atoms with Crippen molar-refractivity contribution in [1.29, 1.82) is 0 Å². The smallest absolute Gasteiger partial charge is 0.284 e. The molecular weight excluding hydrogens is 314 g/mol. The molecule has 6 nitrogen and oxygen atoms in total. The van der Waals surface area contributed by atoms with Crippen molar-refractivity contribution in [2.24, 2.45) is 5.92 Å². The SMILES string of the molecule is O=S(=O)(NC12CCCC1CNC2)c1onc(C2CC2)c1Cl. The molecule has 2 unspecified atom stereocenters. The van der Waals surface area contributed by atoms with Gasteiger partial charge in [-0.25, -0.2) is 13.1 Å². The molecule has 2 atom stereocenters. The third-order valence-electron chi connectivity index (χ3n) is 4.96. The highest BCUT2D eigenvalue weighted by Gasteiger charge is 2.49. The van der Waals surface area contributed by atoms with E-state index in [2.05, 4.69) is 15.2 Å². The van der Waals surface area contributed by atoms with Crippen molar-refractivity contribution in [1.82, 2.24) is 15.2 Å². The van der Waals surface area contributed by atoms with Crippen molar-refractivity contribution in [2.75, 3.05) is 13.1 Å². The Kier molecular flexibility index (Phi) is 3.12. The van der Waals surface area contributed by atoms with Gasteiger partial charge in [0.05, 0.1) is 0 Å². The van der Waals surface area contributed by atoms with Crippen LogP contribution >= 0.6 is 11.6 Å². The Hall–Kier alpha value is -0.630. The highest BCUT2D eigenvalue weighted by atomic mass is 35.5. The van der Waals surface area contributed by atoms with Gasteiger partial charge in [-0.3, -0.25) is 0 Å². The molecule has 8 heteroatoms. The summed E-state index contributed by atoms with van der Waals surface area (Å²) in [5, 5.41) is 7.07. The van der Waals surface area contributed by atoms with Crippen LogP contribution in [0.5, 0.6) is 0 Å². The molecule has 116 valence electrons. The average molecular weight is 332 g/mol. The Labute approximate surface area is 128 Å². The van der Waals surface area contributed by atoms with Crippen LogP contribution in [0.15, 0.2) is 9.62 Å². The van der Waals surface area contributed by atoms with Gasteiger partial charge >= 0.3 is 0 Å². The fourth-order valence-corrected chi connectivity index (χ4v) is 5.65. The molecule has 0 spiro atoms. The number of nitrogens with zero attached hydrogens (tertiary/aromatic N) is 1. The summed E-state index contributed by atoms with van der Waals surface area (Å²) in [6, 6.07) is 0. The largest absolute Gasteiger partial charge is 0.341 e. The topological polar surface area (TPSA) is 84.2 Å². The van der Waals surface area contributed by atoms with Crippen LogP contribution < -0.4 is 10.0 Å². The second kappa shape index (κ2) is 4.68. The standard InChI is InChI=1S/C13H18ClN3O3S/c14-10-11(8-3-4-8)16-20-12(10)21(18,19)17-13-5-1-2-9(13)6-15-7-13/h8-9,15,17H,1-7H2. The molecule has 0 bridgehead atoms. The first-order valence-corrected chi connectivity index (χ1v) is 9.28. The molecule has 0 radical (unpaired) electrons. The highest BCUT2D eigenvalue weighted by molar-refractivity contribution is 7.89. The molecule has 1 aromatic rings. The molecule has 4 rings (SSSR count). The number of rotatable bonds is 4. The number of aromatic nitrogens is 1. The van der Waals surface area contributed by atoms with E-state index < -0.39 is 15.6 Å². The Balaban J connectivity index is 1.64. The molecule has 1 aliphatic heterocycles. The highest BCUT2D eigenvalue weighted by Crippen LogP contribution is 2.45. The fourth-order valence-electron chi connectivity index (χ4n) is 3.68. The van der Waals surface area contributed by atoms with E-state index in [9.17, 15) is 8.42 Å². The summed E-state index contributed by atoms with van der Waals surface area (Å²) in [5.74, 6) is 0.604. The first kappa shape index (κ1) is 14.0. The van der Waals surface area contributed by atoms with E-state index in [0.29, 0.717) is 18.2 Å². The monoisotopic (exact) mass is 331 g/mol. The zero-order valence-corrected chi connectivity index (χ0v) is 13.1. The minimum atomic E-state index is -3.77. The maximum absolute atomic E-state index is 12.6. The van der Waals surface area contributed by atoms with Crippen LogP contribution in [0, 0.1) is 5.92 Å². The number of sulfonamides is 1. The van der Waals surface area contributed by atoms with E-state index >= 15 is 0 Å². The molecule has 1 aromatic heterocycles. The van der Waals surface area contributed by atoms with E-state index in [1.807, 2.05) is 0 Å². The van der Waals surface area contributed by atoms with Crippen LogP contribution in [-0.4, -0.2) is 32.2 Å². The predicted molar refractivity (Wildman–Crippen MR) is 76.8 cm³/mol. The Morgan fingerprint density at radius 1 is 1.38 bits per heavy atom. The molecule has 1 saturated heterocycles. The first-order chi connectivity index (χ1) is 10.0. The Morgan fingerprint density at radius 3 is 2.95 bits per heavy atom. The van der Waals surface area contributed by atoms with Crippen molar-refractivity contribution >= 4 is 21.6 Å². The maximum Gasteiger partial charge on any atom is 0.284 e. The third kappa shape index (κ3) is 2.21. The quantitative estimate of drug-likeness (QED) is 0.876. The van der Waals surface area contributed by atoms with Gasteiger partial charge in [0.25, 0.3) is 15.1 Å². The van der Waals surface area contributed by atoms with Crippen LogP contribution in [0.2, 0.25) is 5.02 Å². The number of fused-ring (bicyclic) bond motifs is 1. The van der Waals surface area contributed by atoms with Crippen LogP contribution in [0.4, 0.5) is 0 Å². The summed E-state index contributed by atoms with van der Waals surface area (Å²) in [6.45, 7) is 1.53. The zero-order valence-electron chi connectivity index (χ0n) is 11.6. The summed E-state index contributed by atoms with van der Waals surface area (Å²) in [6.07, 6.45) is 4.94. The lowest BCUT2D eigenvalue weighted by molar-refractivity contribution is 0.319. The minimum absolute atomic E-state index is 0.155. The molecule has 0 amide bonds. The van der Waals surface area contributed by atoms with Gasteiger partial charge in [0, 0.05) is 18.0 Å². The maximum atomic E-state index is 12.6. The Bertz CT molecular complexity index is 658. The van der Waals surface area contributed by atoms with Gasteiger partial charge in [-0.2, -0.15) is 0 Å². The van der Waals surface area contributed by atoms with Crippen LogP contribution in [0.1, 0.15) is 43.7 Å². The van der Waals surface area contributed by atoms with Gasteiger partial charge in [-0.15, -0.1) is 0 Å². The van der Waals surface area contributed by atoms with E-state index in [1.165, 1.54) is 0 Å². The molecule has 2 saturated carbocycles. The summed E-state index contributed by atoms with van der Waals surface area (Å²) < 4.78 is 33.2. The lowest BCUT2D eigenvalue weighted by atomic mass is 9.92. The average Bonchev–Trinajstić information content (AvgIpc) is 2.89. The van der Waals surface area contributed by atoms with Gasteiger partial charge in [0.15, 0.2) is 0 Å². The molecule has 3 fully saturated rings. The van der Waals surface area contributed by atoms with Crippen molar-refractivity contribution in [3.63, 3.8) is 0 Å². The van der Waals surface area contributed by atoms with Crippen molar-refractivity contribution < 1.29 is 12.9 Å². The van der Waals surface area contributed by atoms with Gasteiger partial charge < -0.3 is 9.84 Å². The van der Waals surface area contributed by atoms with Crippen LogP contribution in [0.25, 0.3) is 0 Å². The fraction of sp³-hybridized carbons (Fsp3) is 0.769. The lowest BCUT2D eigenvalue weighted by Crippen LogP contribution is -2.51. The Morgan fingerprint density at radius 2 is 2.19 bits per heavy atom. The van der Waals surface area contributed by atoms with Crippen molar-refractivity contribution in [3.8, 4) is 0 Å². The summed E-state index contributed by atoms with van der Waals surface area (Å²) in [4.78, 5) is 0. The third-order valence-corrected chi connectivity index (χ3v) is 6.88.